The maximum atomic E-state index is 14.1. The standard InChI is InChI=1S/C32H36O9/c1-17-21-11-12-22-31-16-38-28(39-18(2)33)25(31)30(3,4)15-14-23(31)40-29(36)32(22,26(17)35)27(21)41-24(34)13-8-19-6-9-20(37-5)10-7-19/h6-10,13,21-23,25,27-28H,1,11-12,14-16H2,2-5H3/b13-8+/t21-,22-,23-,25?,27+,28?,31?,32?/m0/s1. The van der Waals surface area contributed by atoms with Crippen LogP contribution >= 0.6 is 0 Å². The van der Waals surface area contributed by atoms with Crippen molar-refractivity contribution in [2.24, 2.45) is 34.0 Å². The lowest BCUT2D eigenvalue weighted by atomic mass is 9.43. The van der Waals surface area contributed by atoms with E-state index in [0.29, 0.717) is 30.6 Å². The Hall–Kier alpha value is -3.46. The molecule has 1 aromatic rings. The highest BCUT2D eigenvalue weighted by atomic mass is 16.7. The first-order valence-electron chi connectivity index (χ1n) is 14.2. The average Bonchev–Trinajstić information content (AvgIpc) is 3.36. The van der Waals surface area contributed by atoms with Gasteiger partial charge in [0.2, 0.25) is 6.29 Å². The van der Waals surface area contributed by atoms with Gasteiger partial charge in [-0.1, -0.05) is 32.6 Å². The van der Waals surface area contributed by atoms with Crippen LogP contribution in [0.3, 0.4) is 0 Å². The molecule has 2 saturated heterocycles. The predicted octanol–water partition coefficient (Wildman–Crippen LogP) is 4.04. The van der Waals surface area contributed by atoms with Gasteiger partial charge in [0.05, 0.1) is 13.7 Å². The number of carbonyl (C=O) groups excluding carboxylic acids is 4. The van der Waals surface area contributed by atoms with E-state index in [9.17, 15) is 19.2 Å². The fraction of sp³-hybridized carbons (Fsp3) is 0.562. The third-order valence-corrected chi connectivity index (χ3v) is 10.4. The van der Waals surface area contributed by atoms with Crippen LogP contribution in [0.15, 0.2) is 42.5 Å². The number of ether oxygens (including phenoxy) is 5. The van der Waals surface area contributed by atoms with Gasteiger partial charge in [-0.05, 0) is 66.4 Å². The molecule has 5 aliphatic rings. The lowest BCUT2D eigenvalue weighted by molar-refractivity contribution is -0.252. The van der Waals surface area contributed by atoms with Crippen molar-refractivity contribution >= 4 is 29.8 Å². The SMILES string of the molecule is C=C1C(=O)C23C(=O)O[C@H]4CCC(C)(C)C5C(OC(C)=O)OCC54[C@@H]2CC[C@@H]1[C@H]3OC(=O)/C=C/c1ccc(OC)cc1. The van der Waals surface area contributed by atoms with Crippen molar-refractivity contribution in [3.05, 3.63) is 48.1 Å². The van der Waals surface area contributed by atoms with Crippen LogP contribution in [0, 0.1) is 34.0 Å². The molecule has 41 heavy (non-hydrogen) atoms. The number of hydrogen-bond acceptors (Lipinski definition) is 9. The zero-order valence-electron chi connectivity index (χ0n) is 23.8. The summed E-state index contributed by atoms with van der Waals surface area (Å²) in [5.74, 6) is -2.84. The molecule has 3 saturated carbocycles. The number of hydrogen-bond donors (Lipinski definition) is 0. The lowest BCUT2D eigenvalue weighted by Crippen LogP contribution is -2.71. The van der Waals surface area contributed by atoms with Crippen molar-refractivity contribution in [3.63, 3.8) is 0 Å². The van der Waals surface area contributed by atoms with Crippen LogP contribution in [0.2, 0.25) is 0 Å². The first kappa shape index (κ1) is 27.7. The molecule has 2 spiro atoms. The van der Waals surface area contributed by atoms with Crippen LogP contribution in [-0.4, -0.2) is 55.9 Å². The van der Waals surface area contributed by atoms with Crippen LogP contribution < -0.4 is 4.74 Å². The van der Waals surface area contributed by atoms with E-state index in [4.69, 9.17) is 23.7 Å². The van der Waals surface area contributed by atoms with E-state index in [-0.39, 0.29) is 17.9 Å². The van der Waals surface area contributed by atoms with Crippen molar-refractivity contribution in [1.82, 2.24) is 0 Å². The van der Waals surface area contributed by atoms with Gasteiger partial charge in [0, 0.05) is 30.3 Å². The highest BCUT2D eigenvalue weighted by molar-refractivity contribution is 6.16. The highest BCUT2D eigenvalue weighted by Gasteiger charge is 2.81. The summed E-state index contributed by atoms with van der Waals surface area (Å²) >= 11 is 0. The normalized spacial score (nSPS) is 38.5. The van der Waals surface area contributed by atoms with Gasteiger partial charge >= 0.3 is 17.9 Å². The molecule has 6 rings (SSSR count). The Morgan fingerprint density at radius 3 is 2.49 bits per heavy atom. The summed E-state index contributed by atoms with van der Waals surface area (Å²) in [6.45, 7) is 9.78. The fourth-order valence-corrected chi connectivity index (χ4v) is 8.77. The molecule has 9 heteroatoms. The van der Waals surface area contributed by atoms with Gasteiger partial charge in [-0.15, -0.1) is 0 Å². The quantitative estimate of drug-likeness (QED) is 0.226. The first-order valence-corrected chi connectivity index (χ1v) is 14.2. The number of methoxy groups -OCH3 is 1. The molecule has 2 heterocycles. The van der Waals surface area contributed by atoms with Crippen molar-refractivity contribution in [3.8, 4) is 5.75 Å². The Morgan fingerprint density at radius 2 is 1.80 bits per heavy atom. The summed E-state index contributed by atoms with van der Waals surface area (Å²) in [7, 11) is 1.57. The van der Waals surface area contributed by atoms with E-state index in [0.717, 1.165) is 12.0 Å². The molecule has 0 aromatic heterocycles. The van der Waals surface area contributed by atoms with Crippen molar-refractivity contribution in [1.29, 1.82) is 0 Å². The Bertz CT molecular complexity index is 1340. The molecule has 0 N–H and O–H groups in total. The Balaban J connectivity index is 1.38. The molecule has 5 fully saturated rings. The zero-order valence-corrected chi connectivity index (χ0v) is 23.8. The topological polar surface area (TPSA) is 114 Å². The van der Waals surface area contributed by atoms with Crippen molar-refractivity contribution in [2.75, 3.05) is 13.7 Å². The fourth-order valence-electron chi connectivity index (χ4n) is 8.77. The number of ketones is 1. The maximum Gasteiger partial charge on any atom is 0.331 e. The highest BCUT2D eigenvalue weighted by Crippen LogP contribution is 2.71. The van der Waals surface area contributed by atoms with Crippen LogP contribution in [0.4, 0.5) is 0 Å². The van der Waals surface area contributed by atoms with E-state index < -0.39 is 64.9 Å². The summed E-state index contributed by atoms with van der Waals surface area (Å²) in [5, 5.41) is 0. The predicted molar refractivity (Wildman–Crippen MR) is 145 cm³/mol. The Kier molecular flexibility index (Phi) is 6.45. The molecule has 2 bridgehead atoms. The van der Waals surface area contributed by atoms with Gasteiger partial charge in [0.1, 0.15) is 18.0 Å². The molecular weight excluding hydrogens is 528 g/mol. The zero-order chi connectivity index (χ0) is 29.3. The van der Waals surface area contributed by atoms with Crippen LogP contribution in [0.1, 0.15) is 52.0 Å². The van der Waals surface area contributed by atoms with Crippen LogP contribution in [-0.2, 0) is 38.1 Å². The smallest absolute Gasteiger partial charge is 0.331 e. The van der Waals surface area contributed by atoms with E-state index in [1.165, 1.54) is 13.0 Å². The number of carbonyl (C=O) groups is 4. The third kappa shape index (κ3) is 3.84. The molecule has 1 aromatic carbocycles. The molecule has 0 amide bonds. The second-order valence-corrected chi connectivity index (χ2v) is 12.7. The van der Waals surface area contributed by atoms with Gasteiger partial charge in [-0.2, -0.15) is 0 Å². The van der Waals surface area contributed by atoms with Gasteiger partial charge in [-0.3, -0.25) is 14.4 Å². The summed E-state index contributed by atoms with van der Waals surface area (Å²) < 4.78 is 29.2. The number of rotatable bonds is 5. The van der Waals surface area contributed by atoms with Crippen molar-refractivity contribution in [2.45, 2.75) is 65.0 Å². The van der Waals surface area contributed by atoms with Gasteiger partial charge in [0.15, 0.2) is 11.2 Å². The van der Waals surface area contributed by atoms with Crippen molar-refractivity contribution < 1.29 is 42.9 Å². The van der Waals surface area contributed by atoms with E-state index in [2.05, 4.69) is 20.4 Å². The van der Waals surface area contributed by atoms with E-state index in [1.54, 1.807) is 37.5 Å². The Morgan fingerprint density at radius 1 is 1.07 bits per heavy atom. The monoisotopic (exact) mass is 564 g/mol. The largest absolute Gasteiger partial charge is 0.497 e. The minimum Gasteiger partial charge on any atom is -0.497 e. The van der Waals surface area contributed by atoms with Gasteiger partial charge < -0.3 is 23.7 Å². The number of esters is 3. The second kappa shape index (κ2) is 9.54. The number of fused-ring (bicyclic) bond motifs is 1. The van der Waals surface area contributed by atoms with Gasteiger partial charge in [-0.25, -0.2) is 4.79 Å². The Labute approximate surface area is 239 Å². The number of Topliss-reactive ketones (excluding diaryl/α,β-unsaturated/α-hetero) is 1. The van der Waals surface area contributed by atoms with Crippen LogP contribution in [0.25, 0.3) is 6.08 Å². The molecular formula is C32H36O9. The summed E-state index contributed by atoms with van der Waals surface area (Å²) in [4.78, 5) is 53.4. The lowest BCUT2D eigenvalue weighted by Gasteiger charge is -2.62. The van der Waals surface area contributed by atoms with Gasteiger partial charge in [0.25, 0.3) is 0 Å². The first-order chi connectivity index (χ1) is 19.5. The average molecular weight is 565 g/mol. The molecule has 9 nitrogen and oxygen atoms in total. The maximum absolute atomic E-state index is 14.1. The molecule has 4 unspecified atom stereocenters. The molecule has 3 aliphatic carbocycles. The second-order valence-electron chi connectivity index (χ2n) is 12.7. The minimum atomic E-state index is -1.72. The van der Waals surface area contributed by atoms with E-state index in [1.807, 2.05) is 0 Å². The third-order valence-electron chi connectivity index (χ3n) is 10.4. The van der Waals surface area contributed by atoms with Crippen LogP contribution in [0.5, 0.6) is 5.75 Å². The summed E-state index contributed by atoms with van der Waals surface area (Å²) in [6, 6.07) is 7.16. The summed E-state index contributed by atoms with van der Waals surface area (Å²) in [6.07, 6.45) is 2.94. The molecule has 2 aliphatic heterocycles. The molecule has 8 atom stereocenters. The molecule has 218 valence electrons. The van der Waals surface area contributed by atoms with E-state index >= 15 is 0 Å². The minimum absolute atomic E-state index is 0.172. The molecule has 0 radical (unpaired) electrons. The number of benzene rings is 1. The summed E-state index contributed by atoms with van der Waals surface area (Å²) in [5.41, 5.74) is -1.79.